The van der Waals surface area contributed by atoms with Gasteiger partial charge in [-0.3, -0.25) is 9.63 Å². The molecule has 0 fully saturated rings. The maximum atomic E-state index is 11.6. The lowest BCUT2D eigenvalue weighted by molar-refractivity contribution is 0.0202. The average Bonchev–Trinajstić information content (AvgIpc) is 2.99. The summed E-state index contributed by atoms with van der Waals surface area (Å²) in [6, 6.07) is 4.94. The third-order valence-electron chi connectivity index (χ3n) is 2.09. The first-order valence-electron chi connectivity index (χ1n) is 5.59. The van der Waals surface area contributed by atoms with Gasteiger partial charge in [0.1, 0.15) is 0 Å². The molecule has 0 saturated heterocycles. The first kappa shape index (κ1) is 12.4. The van der Waals surface area contributed by atoms with Crippen LogP contribution in [0.4, 0.5) is 0 Å². The zero-order chi connectivity index (χ0) is 13.0. The highest BCUT2D eigenvalue weighted by Crippen LogP contribution is 2.20. The Hall–Kier alpha value is -2.08. The number of carbonyl (C=O) groups excluding carboxylic acids is 1. The lowest BCUT2D eigenvalue weighted by Gasteiger charge is -2.05. The summed E-state index contributed by atoms with van der Waals surface area (Å²) in [6.07, 6.45) is 1.52. The molecular formula is C12H14N2O4. The van der Waals surface area contributed by atoms with Crippen molar-refractivity contribution in [3.8, 4) is 11.5 Å². The maximum absolute atomic E-state index is 11.6. The van der Waals surface area contributed by atoms with Crippen LogP contribution in [-0.2, 0) is 4.84 Å². The summed E-state index contributed by atoms with van der Waals surface area (Å²) in [7, 11) is 0. The van der Waals surface area contributed by atoms with E-state index in [4.69, 9.17) is 13.8 Å². The summed E-state index contributed by atoms with van der Waals surface area (Å²) < 4.78 is 10.1. The number of amides is 1. The van der Waals surface area contributed by atoms with Gasteiger partial charge >= 0.3 is 0 Å². The van der Waals surface area contributed by atoms with Crippen LogP contribution in [-0.4, -0.2) is 17.7 Å². The van der Waals surface area contributed by atoms with Crippen molar-refractivity contribution in [2.45, 2.75) is 13.8 Å². The van der Waals surface area contributed by atoms with E-state index in [1.165, 1.54) is 12.3 Å². The number of nitrogens with one attached hydrogen (secondary N) is 1. The van der Waals surface area contributed by atoms with E-state index >= 15 is 0 Å². The van der Waals surface area contributed by atoms with Gasteiger partial charge in [0.15, 0.2) is 11.5 Å². The third kappa shape index (κ3) is 2.98. The molecule has 2 aromatic heterocycles. The molecule has 0 radical (unpaired) electrons. The molecule has 0 saturated carbocycles. The summed E-state index contributed by atoms with van der Waals surface area (Å²) in [5, 5.41) is 3.64. The lowest BCUT2D eigenvalue weighted by atomic mass is 10.2. The molecule has 2 aromatic rings. The van der Waals surface area contributed by atoms with E-state index < -0.39 is 5.91 Å². The molecule has 2 rings (SSSR count). The van der Waals surface area contributed by atoms with Gasteiger partial charge in [0.2, 0.25) is 5.76 Å². The van der Waals surface area contributed by atoms with E-state index in [9.17, 15) is 4.79 Å². The monoisotopic (exact) mass is 250 g/mol. The molecule has 0 spiro atoms. The minimum atomic E-state index is -0.447. The molecule has 96 valence electrons. The van der Waals surface area contributed by atoms with Gasteiger partial charge in [-0.25, -0.2) is 5.48 Å². The summed E-state index contributed by atoms with van der Waals surface area (Å²) in [5.41, 5.74) is 2.44. The highest BCUT2D eigenvalue weighted by Gasteiger charge is 2.15. The predicted octanol–water partition coefficient (Wildman–Crippen LogP) is 2.25. The van der Waals surface area contributed by atoms with Gasteiger partial charge < -0.3 is 8.94 Å². The van der Waals surface area contributed by atoms with Crippen molar-refractivity contribution in [2.75, 3.05) is 6.61 Å². The average molecular weight is 250 g/mol. The molecule has 0 aliphatic rings. The molecule has 18 heavy (non-hydrogen) atoms. The van der Waals surface area contributed by atoms with Gasteiger partial charge in [0, 0.05) is 6.07 Å². The van der Waals surface area contributed by atoms with E-state index in [-0.39, 0.29) is 5.69 Å². The fourth-order valence-corrected chi connectivity index (χ4v) is 1.24. The van der Waals surface area contributed by atoms with Crippen LogP contribution in [0.5, 0.6) is 0 Å². The minimum Gasteiger partial charge on any atom is -0.461 e. The number of hydroxylamine groups is 1. The fourth-order valence-electron chi connectivity index (χ4n) is 1.24. The van der Waals surface area contributed by atoms with Crippen molar-refractivity contribution >= 4 is 5.91 Å². The summed E-state index contributed by atoms with van der Waals surface area (Å²) >= 11 is 0. The number of hydrogen-bond acceptors (Lipinski definition) is 5. The molecule has 0 unspecified atom stereocenters. The Bertz CT molecular complexity index is 502. The number of aromatic nitrogens is 1. The van der Waals surface area contributed by atoms with Crippen molar-refractivity contribution in [3.63, 3.8) is 0 Å². The van der Waals surface area contributed by atoms with Crippen LogP contribution in [0.2, 0.25) is 0 Å². The SMILES string of the molecule is CC(C)CONC(=O)c1cc(-c2ccco2)on1. The van der Waals surface area contributed by atoms with Crippen LogP contribution in [0.3, 0.4) is 0 Å². The first-order chi connectivity index (χ1) is 8.66. The molecule has 6 heteroatoms. The second kappa shape index (κ2) is 5.50. The molecule has 1 amide bonds. The van der Waals surface area contributed by atoms with Crippen LogP contribution in [0, 0.1) is 5.92 Å². The lowest BCUT2D eigenvalue weighted by Crippen LogP contribution is -2.25. The molecule has 2 heterocycles. The normalized spacial score (nSPS) is 10.8. The van der Waals surface area contributed by atoms with Gasteiger partial charge in [-0.15, -0.1) is 0 Å². The van der Waals surface area contributed by atoms with Crippen molar-refractivity contribution in [1.82, 2.24) is 10.6 Å². The topological polar surface area (TPSA) is 77.5 Å². The Labute approximate surface area is 104 Å². The smallest absolute Gasteiger partial charge is 0.297 e. The van der Waals surface area contributed by atoms with Gasteiger partial charge in [0.05, 0.1) is 12.9 Å². The Morgan fingerprint density at radius 1 is 1.50 bits per heavy atom. The van der Waals surface area contributed by atoms with E-state index in [2.05, 4.69) is 10.6 Å². The zero-order valence-corrected chi connectivity index (χ0v) is 10.2. The molecule has 0 atom stereocenters. The Morgan fingerprint density at radius 2 is 2.33 bits per heavy atom. The molecule has 0 aliphatic heterocycles. The number of nitrogens with zero attached hydrogens (tertiary/aromatic N) is 1. The largest absolute Gasteiger partial charge is 0.461 e. The minimum absolute atomic E-state index is 0.144. The first-order valence-corrected chi connectivity index (χ1v) is 5.59. The van der Waals surface area contributed by atoms with Crippen LogP contribution in [0.1, 0.15) is 24.3 Å². The van der Waals surface area contributed by atoms with E-state index in [0.717, 1.165) is 0 Å². The molecule has 0 aromatic carbocycles. The van der Waals surface area contributed by atoms with Gasteiger partial charge in [-0.05, 0) is 18.1 Å². The maximum Gasteiger partial charge on any atom is 0.297 e. The Balaban J connectivity index is 1.95. The highest BCUT2D eigenvalue weighted by molar-refractivity contribution is 5.92. The zero-order valence-electron chi connectivity index (χ0n) is 10.2. The molecule has 0 bridgehead atoms. The summed E-state index contributed by atoms with van der Waals surface area (Å²) in [6.45, 7) is 4.41. The summed E-state index contributed by atoms with van der Waals surface area (Å²) in [5.74, 6) is 0.803. The summed E-state index contributed by atoms with van der Waals surface area (Å²) in [4.78, 5) is 16.6. The van der Waals surface area contributed by atoms with E-state index in [1.807, 2.05) is 13.8 Å². The van der Waals surface area contributed by atoms with E-state index in [0.29, 0.717) is 24.0 Å². The van der Waals surface area contributed by atoms with Gasteiger partial charge in [0.25, 0.3) is 5.91 Å². The van der Waals surface area contributed by atoms with Crippen LogP contribution in [0.15, 0.2) is 33.4 Å². The second-order valence-corrected chi connectivity index (χ2v) is 4.19. The van der Waals surface area contributed by atoms with E-state index in [1.54, 1.807) is 12.1 Å². The van der Waals surface area contributed by atoms with Gasteiger partial charge in [-0.2, -0.15) is 0 Å². The third-order valence-corrected chi connectivity index (χ3v) is 2.09. The van der Waals surface area contributed by atoms with Crippen LogP contribution in [0.25, 0.3) is 11.5 Å². The Morgan fingerprint density at radius 3 is 3.00 bits per heavy atom. The Kier molecular flexibility index (Phi) is 3.78. The number of carbonyl (C=O) groups is 1. The molecule has 1 N–H and O–H groups in total. The number of furan rings is 1. The highest BCUT2D eigenvalue weighted by atomic mass is 16.7. The van der Waals surface area contributed by atoms with Crippen LogP contribution < -0.4 is 5.48 Å². The van der Waals surface area contributed by atoms with Gasteiger partial charge in [-0.1, -0.05) is 19.0 Å². The molecule has 0 aliphatic carbocycles. The van der Waals surface area contributed by atoms with Crippen LogP contribution >= 0.6 is 0 Å². The second-order valence-electron chi connectivity index (χ2n) is 4.19. The van der Waals surface area contributed by atoms with Crippen molar-refractivity contribution < 1.29 is 18.6 Å². The van der Waals surface area contributed by atoms with Crippen molar-refractivity contribution in [1.29, 1.82) is 0 Å². The molecule has 6 nitrogen and oxygen atoms in total. The number of hydrogen-bond donors (Lipinski definition) is 1. The quantitative estimate of drug-likeness (QED) is 0.823. The molecular weight excluding hydrogens is 236 g/mol. The van der Waals surface area contributed by atoms with Crippen molar-refractivity contribution in [3.05, 3.63) is 30.2 Å². The van der Waals surface area contributed by atoms with Crippen molar-refractivity contribution in [2.24, 2.45) is 5.92 Å². The number of rotatable bonds is 5. The predicted molar refractivity (Wildman–Crippen MR) is 62.5 cm³/mol. The fraction of sp³-hybridized carbons (Fsp3) is 0.333. The standard InChI is InChI=1S/C12H14N2O4/c1-8(2)7-17-14-12(15)9-6-11(18-13-9)10-4-3-5-16-10/h3-6,8H,7H2,1-2H3,(H,14,15).